The predicted molar refractivity (Wildman–Crippen MR) is 145 cm³/mol. The number of pyridine rings is 1. The lowest BCUT2D eigenvalue weighted by molar-refractivity contribution is -0.135. The van der Waals surface area contributed by atoms with E-state index in [2.05, 4.69) is 49.2 Å². The summed E-state index contributed by atoms with van der Waals surface area (Å²) in [6, 6.07) is 19.9. The van der Waals surface area contributed by atoms with Gasteiger partial charge in [0.25, 0.3) is 0 Å². The monoisotopic (exact) mass is 508 g/mol. The molecule has 1 fully saturated rings. The van der Waals surface area contributed by atoms with Crippen molar-refractivity contribution in [3.05, 3.63) is 85.1 Å². The number of aliphatic hydroxyl groups excluding tert-OH is 1. The van der Waals surface area contributed by atoms with Gasteiger partial charge in [-0.1, -0.05) is 12.1 Å². The van der Waals surface area contributed by atoms with Crippen molar-refractivity contribution < 1.29 is 14.6 Å². The third kappa shape index (κ3) is 4.76. The van der Waals surface area contributed by atoms with Gasteiger partial charge in [0.05, 0.1) is 29.2 Å². The molecule has 1 aliphatic heterocycles. The van der Waals surface area contributed by atoms with Crippen LogP contribution in [-0.4, -0.2) is 61.2 Å². The number of nitrogens with zero attached hydrogens (tertiary/aromatic N) is 5. The summed E-state index contributed by atoms with van der Waals surface area (Å²) in [5.41, 5.74) is 3.79. The van der Waals surface area contributed by atoms with Gasteiger partial charge in [-0.15, -0.1) is 0 Å². The summed E-state index contributed by atoms with van der Waals surface area (Å²) in [5.74, 6) is 1.04. The fraction of sp³-hybridized carbons (Fsp3) is 0.241. The summed E-state index contributed by atoms with van der Waals surface area (Å²) in [4.78, 5) is 27.2. The Morgan fingerprint density at radius 1 is 1.08 bits per heavy atom. The average Bonchev–Trinajstić information content (AvgIpc) is 3.59. The Hall–Kier alpha value is -4.50. The van der Waals surface area contributed by atoms with E-state index in [4.69, 9.17) is 4.74 Å². The highest BCUT2D eigenvalue weighted by Gasteiger charge is 2.29. The fourth-order valence-corrected chi connectivity index (χ4v) is 5.13. The van der Waals surface area contributed by atoms with Gasteiger partial charge in [0.15, 0.2) is 0 Å². The molecule has 4 heterocycles. The van der Waals surface area contributed by atoms with Crippen LogP contribution >= 0.6 is 0 Å². The number of hydrogen-bond acceptors (Lipinski definition) is 7. The Kier molecular flexibility index (Phi) is 6.58. The number of benzene rings is 2. The maximum absolute atomic E-state index is 12.1. The summed E-state index contributed by atoms with van der Waals surface area (Å²) in [5, 5.41) is 14.6. The number of likely N-dealkylation sites (tertiary alicyclic amines) is 1. The molecule has 3 aromatic heterocycles. The van der Waals surface area contributed by atoms with E-state index in [1.165, 1.54) is 6.33 Å². The third-order valence-electron chi connectivity index (χ3n) is 6.98. The number of amides is 1. The molecule has 38 heavy (non-hydrogen) atoms. The van der Waals surface area contributed by atoms with Crippen molar-refractivity contribution >= 4 is 39.2 Å². The van der Waals surface area contributed by atoms with Gasteiger partial charge in [0.2, 0.25) is 5.91 Å². The Morgan fingerprint density at radius 3 is 2.89 bits per heavy atom. The fourth-order valence-electron chi connectivity index (χ4n) is 5.13. The Morgan fingerprint density at radius 2 is 2.03 bits per heavy atom. The second kappa shape index (κ2) is 10.5. The minimum atomic E-state index is -0.483. The van der Waals surface area contributed by atoms with Gasteiger partial charge in [-0.25, -0.2) is 9.97 Å². The lowest BCUT2D eigenvalue weighted by Crippen LogP contribution is -2.40. The number of fused-ring (bicyclic) bond motifs is 2. The minimum Gasteiger partial charge on any atom is -0.491 e. The van der Waals surface area contributed by atoms with Gasteiger partial charge in [-0.3, -0.25) is 9.78 Å². The van der Waals surface area contributed by atoms with Gasteiger partial charge >= 0.3 is 0 Å². The van der Waals surface area contributed by atoms with E-state index in [1.807, 2.05) is 48.7 Å². The van der Waals surface area contributed by atoms with Crippen molar-refractivity contribution in [3.63, 3.8) is 0 Å². The Bertz CT molecular complexity index is 1580. The molecule has 0 aliphatic carbocycles. The van der Waals surface area contributed by atoms with Crippen molar-refractivity contribution in [1.29, 1.82) is 0 Å². The highest BCUT2D eigenvalue weighted by atomic mass is 16.5. The predicted octanol–water partition coefficient (Wildman–Crippen LogP) is 4.13. The quantitative estimate of drug-likeness (QED) is 0.325. The zero-order chi connectivity index (χ0) is 25.9. The first-order valence-corrected chi connectivity index (χ1v) is 12.7. The van der Waals surface area contributed by atoms with Crippen LogP contribution in [0.1, 0.15) is 18.5 Å². The minimum absolute atomic E-state index is 0.0662. The number of rotatable bonds is 8. The highest BCUT2D eigenvalue weighted by molar-refractivity contribution is 5.96. The number of hydrogen-bond donors (Lipinski definition) is 2. The maximum atomic E-state index is 12.1. The molecule has 1 atom stereocenters. The molecule has 6 rings (SSSR count). The van der Waals surface area contributed by atoms with Crippen LogP contribution in [0.25, 0.3) is 21.8 Å². The molecule has 9 nitrogen and oxygen atoms in total. The van der Waals surface area contributed by atoms with Crippen LogP contribution < -0.4 is 10.1 Å². The van der Waals surface area contributed by atoms with Crippen LogP contribution in [0.3, 0.4) is 0 Å². The number of carbonyl (C=O) groups excluding carboxylic acids is 1. The van der Waals surface area contributed by atoms with Crippen LogP contribution in [0, 0.1) is 0 Å². The first-order chi connectivity index (χ1) is 18.7. The first-order valence-electron chi connectivity index (χ1n) is 12.7. The van der Waals surface area contributed by atoms with E-state index in [1.54, 1.807) is 4.90 Å². The van der Waals surface area contributed by atoms with Crippen molar-refractivity contribution in [2.45, 2.75) is 25.4 Å². The summed E-state index contributed by atoms with van der Waals surface area (Å²) in [6.07, 6.45) is 7.17. The van der Waals surface area contributed by atoms with Crippen LogP contribution in [0.4, 0.5) is 11.5 Å². The van der Waals surface area contributed by atoms with Crippen molar-refractivity contribution in [3.8, 4) is 5.75 Å². The number of ether oxygens (including phenoxy) is 1. The molecule has 1 amide bonds. The van der Waals surface area contributed by atoms with E-state index in [0.29, 0.717) is 31.3 Å². The van der Waals surface area contributed by atoms with E-state index in [9.17, 15) is 9.90 Å². The molecule has 0 spiro atoms. The molecule has 2 N–H and O–H groups in total. The smallest absolute Gasteiger partial charge is 0.248 e. The molecule has 9 heteroatoms. The van der Waals surface area contributed by atoms with Crippen LogP contribution in [0.15, 0.2) is 79.4 Å². The molecule has 0 bridgehead atoms. The maximum Gasteiger partial charge on any atom is 0.248 e. The zero-order valence-electron chi connectivity index (χ0n) is 20.8. The summed E-state index contributed by atoms with van der Waals surface area (Å²) < 4.78 is 8.41. The molecule has 1 saturated heterocycles. The molecule has 2 aromatic carbocycles. The number of aliphatic hydroxyl groups is 1. The van der Waals surface area contributed by atoms with Gasteiger partial charge in [0.1, 0.15) is 31.1 Å². The average molecular weight is 509 g/mol. The van der Waals surface area contributed by atoms with E-state index >= 15 is 0 Å². The second-order valence-corrected chi connectivity index (χ2v) is 9.39. The van der Waals surface area contributed by atoms with Gasteiger partial charge in [-0.2, -0.15) is 0 Å². The van der Waals surface area contributed by atoms with Gasteiger partial charge in [0, 0.05) is 35.5 Å². The second-order valence-electron chi connectivity index (χ2n) is 9.39. The number of aromatic nitrogens is 4. The zero-order valence-corrected chi connectivity index (χ0v) is 20.8. The van der Waals surface area contributed by atoms with Crippen LogP contribution in [-0.2, 0) is 11.3 Å². The van der Waals surface area contributed by atoms with Crippen LogP contribution in [0.5, 0.6) is 5.75 Å². The molecule has 192 valence electrons. The van der Waals surface area contributed by atoms with E-state index < -0.39 is 6.61 Å². The molecular weight excluding hydrogens is 480 g/mol. The molecule has 0 unspecified atom stereocenters. The molecule has 0 saturated carbocycles. The topological polar surface area (TPSA) is 105 Å². The summed E-state index contributed by atoms with van der Waals surface area (Å²) in [7, 11) is 0. The first kappa shape index (κ1) is 23.9. The molecule has 0 radical (unpaired) electrons. The SMILES string of the molecule is O=C(CO)N1CCC[C@@H]1COc1cccc2ncnc(Nc3ccc4c(ccn4Cc4ccccn4)c3)c12. The van der Waals surface area contributed by atoms with Crippen molar-refractivity contribution in [2.75, 3.05) is 25.1 Å². The van der Waals surface area contributed by atoms with E-state index in [-0.39, 0.29) is 11.9 Å². The Labute approximate surface area is 219 Å². The lowest BCUT2D eigenvalue weighted by atomic mass is 10.2. The Balaban J connectivity index is 1.25. The molecular formula is C29H28N6O3. The molecule has 5 aromatic rings. The standard InChI is InChI=1S/C29H28N6O3/c36-17-27(37)35-13-4-6-23(35)18-38-26-8-3-7-24-28(26)29(32-19-31-24)33-21-9-10-25-20(15-21)11-14-34(25)16-22-5-1-2-12-30-22/h1-3,5,7-12,14-15,19,23,36H,4,6,13,16-18H2,(H,31,32,33)/t23-/m1/s1. The van der Waals surface area contributed by atoms with Gasteiger partial charge in [-0.05, 0) is 61.4 Å². The van der Waals surface area contributed by atoms with E-state index in [0.717, 1.165) is 46.0 Å². The third-order valence-corrected chi connectivity index (χ3v) is 6.98. The highest BCUT2D eigenvalue weighted by Crippen LogP contribution is 2.33. The normalized spacial score (nSPS) is 15.3. The lowest BCUT2D eigenvalue weighted by Gasteiger charge is -2.24. The number of anilines is 2. The van der Waals surface area contributed by atoms with Crippen molar-refractivity contribution in [1.82, 2.24) is 24.4 Å². The summed E-state index contributed by atoms with van der Waals surface area (Å²) >= 11 is 0. The summed E-state index contributed by atoms with van der Waals surface area (Å²) in [6.45, 7) is 1.21. The number of carbonyl (C=O) groups is 1. The largest absolute Gasteiger partial charge is 0.491 e. The van der Waals surface area contributed by atoms with Gasteiger partial charge < -0.3 is 24.6 Å². The van der Waals surface area contributed by atoms with Crippen LogP contribution in [0.2, 0.25) is 0 Å². The number of nitrogens with one attached hydrogen (secondary N) is 1. The molecule has 1 aliphatic rings. The van der Waals surface area contributed by atoms with Crippen molar-refractivity contribution in [2.24, 2.45) is 0 Å².